The molecular formula is C21H30N4O3. The molecule has 3 fully saturated rings. The highest BCUT2D eigenvalue weighted by molar-refractivity contribution is 5.81. The highest BCUT2D eigenvalue weighted by atomic mass is 16.5. The number of amides is 3. The van der Waals surface area contributed by atoms with Crippen molar-refractivity contribution in [2.45, 2.75) is 31.7 Å². The van der Waals surface area contributed by atoms with Gasteiger partial charge in [0.05, 0.1) is 18.7 Å². The third kappa shape index (κ3) is 4.18. The van der Waals surface area contributed by atoms with Gasteiger partial charge in [0.25, 0.3) is 0 Å². The third-order valence-corrected chi connectivity index (χ3v) is 5.98. The minimum absolute atomic E-state index is 0.000918. The fraction of sp³-hybridized carbons (Fsp3) is 0.619. The number of hydrogen-bond acceptors (Lipinski definition) is 4. The zero-order valence-corrected chi connectivity index (χ0v) is 16.6. The Morgan fingerprint density at radius 3 is 2.46 bits per heavy atom. The number of benzene rings is 1. The van der Waals surface area contributed by atoms with Crippen LogP contribution in [0.15, 0.2) is 24.3 Å². The molecule has 1 aliphatic carbocycles. The number of piperidine rings is 1. The largest absolute Gasteiger partial charge is 0.495 e. The molecule has 1 atom stereocenters. The molecule has 7 nitrogen and oxygen atoms in total. The molecule has 3 amide bonds. The molecule has 7 heteroatoms. The van der Waals surface area contributed by atoms with Crippen LogP contribution in [0.2, 0.25) is 0 Å². The Balaban J connectivity index is 1.31. The SMILES string of the molecule is COc1ccccc1N1CCN(C(=O)C2CCCN(C(=O)NC3CC3)C2)CC1. The van der Waals surface area contributed by atoms with E-state index in [9.17, 15) is 9.59 Å². The number of likely N-dealkylation sites (tertiary alicyclic amines) is 1. The van der Waals surface area contributed by atoms with Crippen LogP contribution in [0.5, 0.6) is 5.75 Å². The second-order valence-electron chi connectivity index (χ2n) is 7.99. The van der Waals surface area contributed by atoms with Gasteiger partial charge in [-0.05, 0) is 37.8 Å². The molecule has 1 N–H and O–H groups in total. The fourth-order valence-electron chi connectivity index (χ4n) is 4.17. The van der Waals surface area contributed by atoms with E-state index in [1.165, 1.54) is 0 Å². The summed E-state index contributed by atoms with van der Waals surface area (Å²) >= 11 is 0. The van der Waals surface area contributed by atoms with Gasteiger partial charge in [0.2, 0.25) is 5.91 Å². The van der Waals surface area contributed by atoms with Crippen molar-refractivity contribution in [2.75, 3.05) is 51.3 Å². The molecule has 1 unspecified atom stereocenters. The first-order chi connectivity index (χ1) is 13.7. The van der Waals surface area contributed by atoms with E-state index in [1.807, 2.05) is 28.0 Å². The molecule has 1 saturated carbocycles. The average molecular weight is 386 g/mol. The van der Waals surface area contributed by atoms with Gasteiger partial charge in [-0.1, -0.05) is 12.1 Å². The van der Waals surface area contributed by atoms with E-state index in [-0.39, 0.29) is 17.9 Å². The Bertz CT molecular complexity index is 713. The van der Waals surface area contributed by atoms with Crippen LogP contribution in [-0.2, 0) is 4.79 Å². The molecule has 2 aliphatic heterocycles. The minimum atomic E-state index is -0.0727. The predicted molar refractivity (Wildman–Crippen MR) is 108 cm³/mol. The first-order valence-electron chi connectivity index (χ1n) is 10.4. The topological polar surface area (TPSA) is 65.1 Å². The van der Waals surface area contributed by atoms with E-state index in [2.05, 4.69) is 16.3 Å². The van der Waals surface area contributed by atoms with Crippen LogP contribution in [0.1, 0.15) is 25.7 Å². The lowest BCUT2D eigenvalue weighted by molar-refractivity contribution is -0.137. The lowest BCUT2D eigenvalue weighted by Crippen LogP contribution is -2.54. The van der Waals surface area contributed by atoms with Crippen molar-refractivity contribution in [1.82, 2.24) is 15.1 Å². The van der Waals surface area contributed by atoms with Crippen LogP contribution in [0.25, 0.3) is 0 Å². The number of carbonyl (C=O) groups is 2. The molecule has 0 spiro atoms. The number of anilines is 1. The molecule has 3 aliphatic rings. The zero-order chi connectivity index (χ0) is 19.5. The Morgan fingerprint density at radius 1 is 1.00 bits per heavy atom. The quantitative estimate of drug-likeness (QED) is 0.859. The number of ether oxygens (including phenoxy) is 1. The van der Waals surface area contributed by atoms with E-state index < -0.39 is 0 Å². The molecule has 1 aromatic carbocycles. The van der Waals surface area contributed by atoms with E-state index in [0.29, 0.717) is 25.7 Å². The van der Waals surface area contributed by atoms with Crippen molar-refractivity contribution in [3.05, 3.63) is 24.3 Å². The van der Waals surface area contributed by atoms with Gasteiger partial charge in [-0.25, -0.2) is 4.79 Å². The van der Waals surface area contributed by atoms with Crippen molar-refractivity contribution in [1.29, 1.82) is 0 Å². The third-order valence-electron chi connectivity index (χ3n) is 5.98. The first kappa shape index (κ1) is 18.9. The van der Waals surface area contributed by atoms with Gasteiger partial charge in [0, 0.05) is 45.3 Å². The first-order valence-corrected chi connectivity index (χ1v) is 10.4. The van der Waals surface area contributed by atoms with Crippen LogP contribution >= 0.6 is 0 Å². The molecule has 1 aromatic rings. The number of piperazine rings is 1. The van der Waals surface area contributed by atoms with Crippen molar-refractivity contribution >= 4 is 17.6 Å². The molecule has 152 valence electrons. The molecule has 0 aromatic heterocycles. The van der Waals surface area contributed by atoms with Crippen LogP contribution < -0.4 is 15.0 Å². The molecule has 0 radical (unpaired) electrons. The Labute approximate surface area is 166 Å². The maximum absolute atomic E-state index is 13.0. The van der Waals surface area contributed by atoms with Crippen molar-refractivity contribution < 1.29 is 14.3 Å². The summed E-state index contributed by atoms with van der Waals surface area (Å²) in [6.07, 6.45) is 3.94. The standard InChI is InChI=1S/C21H30N4O3/c1-28-19-7-3-2-6-18(19)23-11-13-24(14-12-23)20(26)16-5-4-10-25(15-16)21(27)22-17-8-9-17/h2-3,6-7,16-17H,4-5,8-15H2,1H3,(H,22,27). The van der Waals surface area contributed by atoms with Crippen LogP contribution in [0.3, 0.4) is 0 Å². The van der Waals surface area contributed by atoms with Gasteiger partial charge in [-0.2, -0.15) is 0 Å². The smallest absolute Gasteiger partial charge is 0.317 e. The highest BCUT2D eigenvalue weighted by Crippen LogP contribution is 2.29. The summed E-state index contributed by atoms with van der Waals surface area (Å²) in [6.45, 7) is 4.31. The Kier molecular flexibility index (Phi) is 5.59. The van der Waals surface area contributed by atoms with Crippen LogP contribution in [-0.4, -0.2) is 74.2 Å². The van der Waals surface area contributed by atoms with Gasteiger partial charge in [-0.3, -0.25) is 4.79 Å². The van der Waals surface area contributed by atoms with E-state index in [1.54, 1.807) is 7.11 Å². The van der Waals surface area contributed by atoms with Gasteiger partial charge in [0.15, 0.2) is 0 Å². The number of hydrogen-bond donors (Lipinski definition) is 1. The normalized spacial score (nSPS) is 22.8. The molecule has 4 rings (SSSR count). The molecular weight excluding hydrogens is 356 g/mol. The van der Waals surface area contributed by atoms with E-state index in [0.717, 1.165) is 56.8 Å². The molecule has 2 heterocycles. The predicted octanol–water partition coefficient (Wildman–Crippen LogP) is 1.93. The molecule has 0 bridgehead atoms. The lowest BCUT2D eigenvalue weighted by Gasteiger charge is -2.40. The number of urea groups is 1. The summed E-state index contributed by atoms with van der Waals surface area (Å²) in [5.41, 5.74) is 1.08. The summed E-state index contributed by atoms with van der Waals surface area (Å²) in [4.78, 5) is 31.4. The Morgan fingerprint density at radius 2 is 1.75 bits per heavy atom. The average Bonchev–Trinajstić information content (AvgIpc) is 3.57. The highest BCUT2D eigenvalue weighted by Gasteiger charge is 2.34. The van der Waals surface area contributed by atoms with Gasteiger partial charge in [0.1, 0.15) is 5.75 Å². The number of para-hydroxylation sites is 2. The summed E-state index contributed by atoms with van der Waals surface area (Å²) in [5.74, 6) is 0.993. The van der Waals surface area contributed by atoms with Crippen molar-refractivity contribution in [2.24, 2.45) is 5.92 Å². The minimum Gasteiger partial charge on any atom is -0.495 e. The van der Waals surface area contributed by atoms with Crippen LogP contribution in [0, 0.1) is 5.92 Å². The van der Waals surface area contributed by atoms with E-state index >= 15 is 0 Å². The summed E-state index contributed by atoms with van der Waals surface area (Å²) in [5, 5.41) is 3.04. The maximum atomic E-state index is 13.0. The van der Waals surface area contributed by atoms with Gasteiger partial charge < -0.3 is 24.8 Å². The number of nitrogens with zero attached hydrogens (tertiary/aromatic N) is 3. The molecule has 28 heavy (non-hydrogen) atoms. The lowest BCUT2D eigenvalue weighted by atomic mass is 9.96. The van der Waals surface area contributed by atoms with Crippen molar-refractivity contribution in [3.63, 3.8) is 0 Å². The molecule has 2 saturated heterocycles. The maximum Gasteiger partial charge on any atom is 0.317 e. The summed E-state index contributed by atoms with van der Waals surface area (Å²) in [6, 6.07) is 8.37. The number of rotatable bonds is 4. The van der Waals surface area contributed by atoms with Crippen molar-refractivity contribution in [3.8, 4) is 5.75 Å². The van der Waals surface area contributed by atoms with Gasteiger partial charge >= 0.3 is 6.03 Å². The second kappa shape index (κ2) is 8.29. The monoisotopic (exact) mass is 386 g/mol. The number of carbonyl (C=O) groups excluding carboxylic acids is 2. The second-order valence-corrected chi connectivity index (χ2v) is 7.99. The van der Waals surface area contributed by atoms with Crippen LogP contribution in [0.4, 0.5) is 10.5 Å². The summed E-state index contributed by atoms with van der Waals surface area (Å²) < 4.78 is 5.47. The zero-order valence-electron chi connectivity index (χ0n) is 16.6. The van der Waals surface area contributed by atoms with Gasteiger partial charge in [-0.15, -0.1) is 0 Å². The number of methoxy groups -OCH3 is 1. The van der Waals surface area contributed by atoms with E-state index in [4.69, 9.17) is 4.74 Å². The summed E-state index contributed by atoms with van der Waals surface area (Å²) in [7, 11) is 1.69. The fourth-order valence-corrected chi connectivity index (χ4v) is 4.17. The Hall–Kier alpha value is -2.44. The number of nitrogens with one attached hydrogen (secondary N) is 1.